The van der Waals surface area contributed by atoms with E-state index in [9.17, 15) is 4.79 Å². The zero-order chi connectivity index (χ0) is 13.7. The highest BCUT2D eigenvalue weighted by atomic mass is 79.9. The van der Waals surface area contributed by atoms with E-state index in [0.29, 0.717) is 12.3 Å². The molecule has 0 aliphatic carbocycles. The number of carbonyl (C=O) groups is 1. The van der Waals surface area contributed by atoms with Crippen molar-refractivity contribution in [3.63, 3.8) is 0 Å². The fourth-order valence-corrected chi connectivity index (χ4v) is 2.03. The maximum atomic E-state index is 11.9. The van der Waals surface area contributed by atoms with E-state index in [1.54, 1.807) is 0 Å². The summed E-state index contributed by atoms with van der Waals surface area (Å²) in [5, 5.41) is 2.94. The molecule has 1 unspecified atom stereocenters. The van der Waals surface area contributed by atoms with Crippen molar-refractivity contribution in [1.82, 2.24) is 5.32 Å². The number of amides is 1. The van der Waals surface area contributed by atoms with Gasteiger partial charge in [-0.1, -0.05) is 41.9 Å². The molecule has 0 aromatic heterocycles. The third-order valence-electron chi connectivity index (χ3n) is 2.79. The molecule has 0 radical (unpaired) electrons. The summed E-state index contributed by atoms with van der Waals surface area (Å²) in [6.07, 6.45) is 0.707. The first-order valence-corrected chi connectivity index (χ1v) is 7.01. The average molecular weight is 313 g/mol. The highest BCUT2D eigenvalue weighted by Crippen LogP contribution is 2.16. The fourth-order valence-electron chi connectivity index (χ4n) is 1.77. The first kappa shape index (κ1) is 15.2. The summed E-state index contributed by atoms with van der Waals surface area (Å²) < 4.78 is 1.03. The molecule has 100 valence electrons. The van der Waals surface area contributed by atoms with Crippen molar-refractivity contribution in [1.29, 1.82) is 0 Å². The number of rotatable bonds is 5. The van der Waals surface area contributed by atoms with Gasteiger partial charge in [-0.05, 0) is 37.0 Å². The van der Waals surface area contributed by atoms with Crippen molar-refractivity contribution in [3.8, 4) is 0 Å². The van der Waals surface area contributed by atoms with Gasteiger partial charge in [0.25, 0.3) is 0 Å². The van der Waals surface area contributed by atoms with Crippen molar-refractivity contribution >= 4 is 21.8 Å². The molecule has 1 rings (SSSR count). The van der Waals surface area contributed by atoms with Gasteiger partial charge in [0.1, 0.15) is 0 Å². The number of halogens is 1. The van der Waals surface area contributed by atoms with Crippen LogP contribution in [0, 0.1) is 5.92 Å². The van der Waals surface area contributed by atoms with Crippen LogP contribution >= 0.6 is 15.9 Å². The van der Waals surface area contributed by atoms with Crippen LogP contribution in [-0.2, 0) is 4.79 Å². The normalized spacial score (nSPS) is 14.3. The van der Waals surface area contributed by atoms with Crippen LogP contribution in [-0.4, -0.2) is 11.9 Å². The second-order valence-corrected chi connectivity index (χ2v) is 5.93. The lowest BCUT2D eigenvalue weighted by Gasteiger charge is -2.19. The van der Waals surface area contributed by atoms with Crippen molar-refractivity contribution in [2.24, 2.45) is 11.7 Å². The lowest BCUT2D eigenvalue weighted by Crippen LogP contribution is -2.42. The van der Waals surface area contributed by atoms with E-state index in [1.807, 2.05) is 31.2 Å². The zero-order valence-corrected chi connectivity index (χ0v) is 12.7. The van der Waals surface area contributed by atoms with Crippen LogP contribution < -0.4 is 11.1 Å². The van der Waals surface area contributed by atoms with E-state index in [2.05, 4.69) is 35.1 Å². The molecule has 1 amide bonds. The summed E-state index contributed by atoms with van der Waals surface area (Å²) in [5.41, 5.74) is 6.92. The van der Waals surface area contributed by atoms with E-state index in [0.717, 1.165) is 10.0 Å². The number of nitrogens with two attached hydrogens (primary N) is 1. The molecule has 0 aliphatic rings. The number of carbonyl (C=O) groups excluding carboxylic acids is 1. The lowest BCUT2D eigenvalue weighted by atomic mass is 10.0. The van der Waals surface area contributed by atoms with Crippen LogP contribution in [0.3, 0.4) is 0 Å². The van der Waals surface area contributed by atoms with E-state index >= 15 is 0 Å². The zero-order valence-electron chi connectivity index (χ0n) is 11.1. The SMILES string of the molecule is CC(C)C[C@H](N)C(=O)NC(C)c1ccc(Br)cc1. The average Bonchev–Trinajstić information content (AvgIpc) is 2.28. The Morgan fingerprint density at radius 3 is 2.33 bits per heavy atom. The summed E-state index contributed by atoms with van der Waals surface area (Å²) in [6.45, 7) is 6.08. The molecule has 0 heterocycles. The Kier molecular flexibility index (Phi) is 5.82. The summed E-state index contributed by atoms with van der Waals surface area (Å²) >= 11 is 3.39. The smallest absolute Gasteiger partial charge is 0.237 e. The molecule has 1 aromatic carbocycles. The number of hydrogen-bond donors (Lipinski definition) is 2. The monoisotopic (exact) mass is 312 g/mol. The molecule has 18 heavy (non-hydrogen) atoms. The van der Waals surface area contributed by atoms with E-state index < -0.39 is 6.04 Å². The molecule has 0 saturated carbocycles. The van der Waals surface area contributed by atoms with Gasteiger partial charge in [0.2, 0.25) is 5.91 Å². The number of hydrogen-bond acceptors (Lipinski definition) is 2. The van der Waals surface area contributed by atoms with Gasteiger partial charge in [-0.25, -0.2) is 0 Å². The van der Waals surface area contributed by atoms with Crippen molar-refractivity contribution in [3.05, 3.63) is 34.3 Å². The Morgan fingerprint density at radius 2 is 1.83 bits per heavy atom. The van der Waals surface area contributed by atoms with Gasteiger partial charge in [-0.2, -0.15) is 0 Å². The highest BCUT2D eigenvalue weighted by molar-refractivity contribution is 9.10. The minimum Gasteiger partial charge on any atom is -0.348 e. The maximum Gasteiger partial charge on any atom is 0.237 e. The summed E-state index contributed by atoms with van der Waals surface area (Å²) in [6, 6.07) is 7.45. The van der Waals surface area contributed by atoms with Gasteiger partial charge in [0, 0.05) is 4.47 Å². The first-order chi connectivity index (χ1) is 8.40. The molecule has 3 nitrogen and oxygen atoms in total. The molecule has 0 bridgehead atoms. The van der Waals surface area contributed by atoms with Crippen LogP contribution in [0.5, 0.6) is 0 Å². The lowest BCUT2D eigenvalue weighted by molar-refractivity contribution is -0.123. The number of nitrogens with one attached hydrogen (secondary N) is 1. The van der Waals surface area contributed by atoms with Crippen LogP contribution in [0.25, 0.3) is 0 Å². The molecule has 3 N–H and O–H groups in total. The molecule has 1 aromatic rings. The van der Waals surface area contributed by atoms with Crippen LogP contribution in [0.2, 0.25) is 0 Å². The highest BCUT2D eigenvalue weighted by Gasteiger charge is 2.17. The Balaban J connectivity index is 2.56. The van der Waals surface area contributed by atoms with Crippen molar-refractivity contribution < 1.29 is 4.79 Å². The third-order valence-corrected chi connectivity index (χ3v) is 3.32. The molecule has 0 aliphatic heterocycles. The van der Waals surface area contributed by atoms with E-state index in [1.165, 1.54) is 0 Å². The van der Waals surface area contributed by atoms with Gasteiger partial charge in [-0.3, -0.25) is 4.79 Å². The second-order valence-electron chi connectivity index (χ2n) is 5.02. The largest absolute Gasteiger partial charge is 0.348 e. The quantitative estimate of drug-likeness (QED) is 0.878. The molecule has 0 fully saturated rings. The van der Waals surface area contributed by atoms with Crippen LogP contribution in [0.15, 0.2) is 28.7 Å². The van der Waals surface area contributed by atoms with Gasteiger partial charge in [-0.15, -0.1) is 0 Å². The summed E-state index contributed by atoms with van der Waals surface area (Å²) in [4.78, 5) is 11.9. The van der Waals surface area contributed by atoms with Crippen molar-refractivity contribution in [2.45, 2.75) is 39.3 Å². The standard InChI is InChI=1S/C14H21BrN2O/c1-9(2)8-13(16)14(18)17-10(3)11-4-6-12(15)7-5-11/h4-7,9-10,13H,8,16H2,1-3H3,(H,17,18)/t10?,13-/m0/s1. The predicted molar refractivity (Wildman–Crippen MR) is 78.1 cm³/mol. The minimum absolute atomic E-state index is 0.0242. The van der Waals surface area contributed by atoms with Gasteiger partial charge >= 0.3 is 0 Å². The topological polar surface area (TPSA) is 55.1 Å². The van der Waals surface area contributed by atoms with Crippen molar-refractivity contribution in [2.75, 3.05) is 0 Å². The molecule has 2 atom stereocenters. The predicted octanol–water partition coefficient (Wildman–Crippen LogP) is 3.00. The molecular formula is C14H21BrN2O. The molecular weight excluding hydrogens is 292 g/mol. The van der Waals surface area contributed by atoms with Gasteiger partial charge in [0.15, 0.2) is 0 Å². The Labute approximate surface area is 117 Å². The number of benzene rings is 1. The second kappa shape index (κ2) is 6.90. The molecule has 0 saturated heterocycles. The van der Waals surface area contributed by atoms with E-state index in [4.69, 9.17) is 5.73 Å². The van der Waals surface area contributed by atoms with Crippen LogP contribution in [0.4, 0.5) is 0 Å². The Hall–Kier alpha value is -0.870. The summed E-state index contributed by atoms with van der Waals surface area (Å²) in [7, 11) is 0. The third kappa shape index (κ3) is 4.78. The molecule has 4 heteroatoms. The fraction of sp³-hybridized carbons (Fsp3) is 0.500. The minimum atomic E-state index is -0.428. The van der Waals surface area contributed by atoms with Gasteiger partial charge < -0.3 is 11.1 Å². The Morgan fingerprint density at radius 1 is 1.28 bits per heavy atom. The van der Waals surface area contributed by atoms with Crippen LogP contribution in [0.1, 0.15) is 38.8 Å². The first-order valence-electron chi connectivity index (χ1n) is 6.21. The Bertz CT molecular complexity index is 389. The summed E-state index contributed by atoms with van der Waals surface area (Å²) in [5.74, 6) is 0.341. The molecule has 0 spiro atoms. The van der Waals surface area contributed by atoms with Gasteiger partial charge in [0.05, 0.1) is 12.1 Å². The van der Waals surface area contributed by atoms with E-state index in [-0.39, 0.29) is 11.9 Å². The maximum absolute atomic E-state index is 11.9.